The standard InChI is InChI=1S/C28H26F3N5O2S/c1-18(19-5-2-6-20(15-19)21-7-3-9-32-16-21)34-26(37)24-25(28(29,30)31)35-27(39-24)23-22(8-4-10-33-23)17-36-11-13-38-14-12-36/h2-10,15-16,18H,11-14,17H2,1H3,(H,34,37). The first-order valence-corrected chi connectivity index (χ1v) is 13.2. The topological polar surface area (TPSA) is 80.2 Å². The lowest BCUT2D eigenvalue weighted by Crippen LogP contribution is -2.35. The Morgan fingerprint density at radius 3 is 2.62 bits per heavy atom. The second-order valence-electron chi connectivity index (χ2n) is 9.16. The van der Waals surface area contributed by atoms with Crippen molar-refractivity contribution in [3.63, 3.8) is 0 Å². The fourth-order valence-electron chi connectivity index (χ4n) is 4.39. The van der Waals surface area contributed by atoms with Crippen molar-refractivity contribution < 1.29 is 22.7 Å². The lowest BCUT2D eigenvalue weighted by Gasteiger charge is -2.26. The zero-order chi connectivity index (χ0) is 27.4. The third-order valence-electron chi connectivity index (χ3n) is 6.42. The summed E-state index contributed by atoms with van der Waals surface area (Å²) < 4.78 is 47.5. The van der Waals surface area contributed by atoms with Gasteiger partial charge in [-0.2, -0.15) is 13.2 Å². The van der Waals surface area contributed by atoms with Crippen molar-refractivity contribution in [2.45, 2.75) is 25.7 Å². The molecule has 1 atom stereocenters. The van der Waals surface area contributed by atoms with E-state index in [2.05, 4.69) is 25.2 Å². The molecule has 0 saturated carbocycles. The number of rotatable bonds is 7. The predicted molar refractivity (Wildman–Crippen MR) is 142 cm³/mol. The highest BCUT2D eigenvalue weighted by molar-refractivity contribution is 7.17. The zero-order valence-corrected chi connectivity index (χ0v) is 21.9. The Bertz CT molecular complexity index is 1440. The van der Waals surface area contributed by atoms with Crippen LogP contribution in [0.1, 0.15) is 39.5 Å². The van der Waals surface area contributed by atoms with E-state index < -0.39 is 28.7 Å². The van der Waals surface area contributed by atoms with Gasteiger partial charge in [0.25, 0.3) is 5.91 Å². The van der Waals surface area contributed by atoms with Gasteiger partial charge in [-0.3, -0.25) is 19.7 Å². The van der Waals surface area contributed by atoms with Crippen molar-refractivity contribution in [2.24, 2.45) is 0 Å². The predicted octanol–water partition coefficient (Wildman–Crippen LogP) is 5.61. The molecule has 1 aliphatic heterocycles. The monoisotopic (exact) mass is 553 g/mol. The Morgan fingerprint density at radius 1 is 1.10 bits per heavy atom. The molecule has 1 saturated heterocycles. The molecule has 0 spiro atoms. The molecule has 0 bridgehead atoms. The number of ether oxygens (including phenoxy) is 1. The van der Waals surface area contributed by atoms with Crippen molar-refractivity contribution in [2.75, 3.05) is 26.3 Å². The van der Waals surface area contributed by atoms with Crippen LogP contribution in [0.3, 0.4) is 0 Å². The Balaban J connectivity index is 1.41. The number of morpholine rings is 1. The molecule has 1 unspecified atom stereocenters. The average molecular weight is 554 g/mol. The SMILES string of the molecule is CC(NC(=O)c1sc(-c2ncccc2CN2CCOCC2)nc1C(F)(F)F)c1cccc(-c2cccnc2)c1. The second kappa shape index (κ2) is 11.6. The van der Waals surface area contributed by atoms with Crippen LogP contribution in [0.4, 0.5) is 13.2 Å². The van der Waals surface area contributed by atoms with Gasteiger partial charge in [0.1, 0.15) is 15.6 Å². The first kappa shape index (κ1) is 26.9. The summed E-state index contributed by atoms with van der Waals surface area (Å²) in [5.74, 6) is -0.837. The molecule has 1 N–H and O–H groups in total. The van der Waals surface area contributed by atoms with Crippen LogP contribution in [0.5, 0.6) is 0 Å². The number of alkyl halides is 3. The van der Waals surface area contributed by atoms with E-state index in [9.17, 15) is 18.0 Å². The van der Waals surface area contributed by atoms with Crippen LogP contribution >= 0.6 is 11.3 Å². The van der Waals surface area contributed by atoms with Crippen molar-refractivity contribution in [3.05, 3.63) is 88.8 Å². The van der Waals surface area contributed by atoms with Crippen LogP contribution in [0.25, 0.3) is 21.8 Å². The van der Waals surface area contributed by atoms with E-state index in [0.717, 1.165) is 22.3 Å². The van der Waals surface area contributed by atoms with Gasteiger partial charge in [0.05, 0.1) is 19.3 Å². The molecule has 1 aromatic carbocycles. The number of halogens is 3. The van der Waals surface area contributed by atoms with Gasteiger partial charge in [-0.1, -0.05) is 30.3 Å². The number of hydrogen-bond donors (Lipinski definition) is 1. The van der Waals surface area contributed by atoms with Crippen LogP contribution in [0.15, 0.2) is 67.1 Å². The van der Waals surface area contributed by atoms with Gasteiger partial charge >= 0.3 is 6.18 Å². The molecular weight excluding hydrogens is 527 g/mol. The minimum absolute atomic E-state index is 0.0579. The van der Waals surface area contributed by atoms with Crippen molar-refractivity contribution in [3.8, 4) is 21.8 Å². The quantitative estimate of drug-likeness (QED) is 0.321. The number of benzene rings is 1. The summed E-state index contributed by atoms with van der Waals surface area (Å²) >= 11 is 0.704. The van der Waals surface area contributed by atoms with Crippen LogP contribution in [0, 0.1) is 0 Å². The zero-order valence-electron chi connectivity index (χ0n) is 21.1. The van der Waals surface area contributed by atoms with Gasteiger partial charge in [0.15, 0.2) is 5.69 Å². The molecule has 0 aliphatic carbocycles. The van der Waals surface area contributed by atoms with Crippen LogP contribution in [-0.4, -0.2) is 52.1 Å². The number of hydrogen-bond acceptors (Lipinski definition) is 7. The molecule has 4 aromatic rings. The van der Waals surface area contributed by atoms with Crippen LogP contribution in [0.2, 0.25) is 0 Å². The molecule has 4 heterocycles. The molecular formula is C28H26F3N5O2S. The summed E-state index contributed by atoms with van der Waals surface area (Å²) in [6.45, 7) is 4.85. The summed E-state index contributed by atoms with van der Waals surface area (Å²) in [4.78, 5) is 27.2. The second-order valence-corrected chi connectivity index (χ2v) is 10.2. The van der Waals surface area contributed by atoms with E-state index in [4.69, 9.17) is 4.74 Å². The number of carbonyl (C=O) groups is 1. The molecule has 5 rings (SSSR count). The smallest absolute Gasteiger partial charge is 0.379 e. The summed E-state index contributed by atoms with van der Waals surface area (Å²) in [6, 6.07) is 14.2. The van der Waals surface area contributed by atoms with E-state index >= 15 is 0 Å². The molecule has 7 nitrogen and oxygen atoms in total. The first-order chi connectivity index (χ1) is 18.8. The third kappa shape index (κ3) is 6.32. The molecule has 3 aromatic heterocycles. The number of nitrogens with one attached hydrogen (secondary N) is 1. The van der Waals surface area contributed by atoms with Crippen LogP contribution < -0.4 is 5.32 Å². The summed E-state index contributed by atoms with van der Waals surface area (Å²) in [6.07, 6.45) is 0.115. The van der Waals surface area contributed by atoms with E-state index in [0.29, 0.717) is 49.9 Å². The molecule has 1 aliphatic rings. The first-order valence-electron chi connectivity index (χ1n) is 12.4. The highest BCUT2D eigenvalue weighted by Gasteiger charge is 2.40. The van der Waals surface area contributed by atoms with Gasteiger partial charge in [0, 0.05) is 38.2 Å². The maximum absolute atomic E-state index is 14.0. The number of amides is 1. The van der Waals surface area contributed by atoms with Crippen LogP contribution in [-0.2, 0) is 17.5 Å². The summed E-state index contributed by atoms with van der Waals surface area (Å²) in [7, 11) is 0. The molecule has 1 fully saturated rings. The minimum Gasteiger partial charge on any atom is -0.379 e. The Morgan fingerprint density at radius 2 is 1.87 bits per heavy atom. The van der Waals surface area contributed by atoms with Gasteiger partial charge in [0.2, 0.25) is 0 Å². The van der Waals surface area contributed by atoms with E-state index in [1.54, 1.807) is 25.4 Å². The Labute approximate surface area is 227 Å². The number of carbonyl (C=O) groups excluding carboxylic acids is 1. The highest BCUT2D eigenvalue weighted by atomic mass is 32.1. The maximum atomic E-state index is 14.0. The van der Waals surface area contributed by atoms with E-state index in [-0.39, 0.29) is 5.01 Å². The van der Waals surface area contributed by atoms with Crippen molar-refractivity contribution in [1.29, 1.82) is 0 Å². The normalized spacial score (nSPS) is 15.2. The molecule has 11 heteroatoms. The maximum Gasteiger partial charge on any atom is 0.435 e. The largest absolute Gasteiger partial charge is 0.435 e. The molecule has 0 radical (unpaired) electrons. The van der Waals surface area contributed by atoms with Gasteiger partial charge in [-0.15, -0.1) is 11.3 Å². The molecule has 39 heavy (non-hydrogen) atoms. The van der Waals surface area contributed by atoms with E-state index in [1.165, 1.54) is 6.20 Å². The fourth-order valence-corrected chi connectivity index (χ4v) is 5.41. The number of nitrogens with zero attached hydrogens (tertiary/aromatic N) is 4. The fraction of sp³-hybridized carbons (Fsp3) is 0.286. The molecule has 202 valence electrons. The highest BCUT2D eigenvalue weighted by Crippen LogP contribution is 2.38. The Hall–Kier alpha value is -3.67. The van der Waals surface area contributed by atoms with Crippen molar-refractivity contribution >= 4 is 17.2 Å². The summed E-state index contributed by atoms with van der Waals surface area (Å²) in [5.41, 5.74) is 2.42. The van der Waals surface area contributed by atoms with Crippen molar-refractivity contribution in [1.82, 2.24) is 25.2 Å². The minimum atomic E-state index is -4.80. The molecule has 1 amide bonds. The number of pyridine rings is 2. The van der Waals surface area contributed by atoms with Gasteiger partial charge < -0.3 is 10.1 Å². The lowest BCUT2D eigenvalue weighted by molar-refractivity contribution is -0.141. The summed E-state index contributed by atoms with van der Waals surface area (Å²) in [5, 5.41) is 2.78. The lowest BCUT2D eigenvalue weighted by atomic mass is 10.0. The van der Waals surface area contributed by atoms with Gasteiger partial charge in [-0.05, 0) is 47.4 Å². The Kier molecular flexibility index (Phi) is 8.01. The third-order valence-corrected chi connectivity index (χ3v) is 7.48. The number of aromatic nitrogens is 3. The average Bonchev–Trinajstić information content (AvgIpc) is 3.41. The van der Waals surface area contributed by atoms with E-state index in [1.807, 2.05) is 42.5 Å². The van der Waals surface area contributed by atoms with Gasteiger partial charge in [-0.25, -0.2) is 4.98 Å². The number of thiazole rings is 1.